The smallest absolute Gasteiger partial charge is 0.337 e. The number of imidazole rings is 1. The number of carbonyl (C=O) groups excluding carboxylic acids is 1. The number of benzene rings is 1. The maximum atomic E-state index is 15.2. The quantitative estimate of drug-likeness (QED) is 0.359. The third kappa shape index (κ3) is 7.29. The molecule has 3 rings (SSSR count). The Hall–Kier alpha value is -2.93. The molecular formula is C23H26F4N4O3S2. The molecule has 0 spiro atoms. The van der Waals surface area contributed by atoms with E-state index < -0.39 is 41.0 Å². The standard InChI is InChI=1S/C23H26F4N4O3S2/c1-14(2)10-17-12-19(18-5-4-16(11-20(18)24)13-31-9-8-28-15(31)3)21(35-17)36(33,34)30-22(32)29-7-6-23(25,26)27/h4-5,8-9,11-12,14H,6-7,10,13H2,1-3H3,(H2,29,30,32). The second-order valence-corrected chi connectivity index (χ2v) is 11.7. The van der Waals surface area contributed by atoms with Crippen LogP contribution in [0.5, 0.6) is 0 Å². The van der Waals surface area contributed by atoms with Crippen molar-refractivity contribution in [2.75, 3.05) is 6.54 Å². The minimum absolute atomic E-state index is 0.0326. The van der Waals surface area contributed by atoms with Gasteiger partial charge in [0.25, 0.3) is 10.0 Å². The lowest BCUT2D eigenvalue weighted by Crippen LogP contribution is -2.40. The van der Waals surface area contributed by atoms with E-state index in [2.05, 4.69) is 4.98 Å². The summed E-state index contributed by atoms with van der Waals surface area (Å²) in [4.78, 5) is 16.8. The summed E-state index contributed by atoms with van der Waals surface area (Å²) in [6, 6.07) is 4.73. The van der Waals surface area contributed by atoms with Crippen LogP contribution in [0.25, 0.3) is 11.1 Å². The average Bonchev–Trinajstić information content (AvgIpc) is 3.33. The Kier molecular flexibility index (Phi) is 8.44. The zero-order chi connectivity index (χ0) is 26.7. The first-order valence-corrected chi connectivity index (χ1v) is 13.3. The maximum absolute atomic E-state index is 15.2. The van der Waals surface area contributed by atoms with E-state index in [1.807, 2.05) is 30.7 Å². The average molecular weight is 547 g/mol. The highest BCUT2D eigenvalue weighted by atomic mass is 32.2. The molecule has 0 atom stereocenters. The number of aromatic nitrogens is 2. The van der Waals surface area contributed by atoms with Crippen LogP contribution in [-0.4, -0.2) is 36.7 Å². The van der Waals surface area contributed by atoms with Crippen molar-refractivity contribution in [3.63, 3.8) is 0 Å². The Morgan fingerprint density at radius 3 is 2.50 bits per heavy atom. The number of carbonyl (C=O) groups is 1. The van der Waals surface area contributed by atoms with Crippen LogP contribution in [0.15, 0.2) is 40.9 Å². The molecule has 0 saturated heterocycles. The third-order valence-electron chi connectivity index (χ3n) is 5.12. The van der Waals surface area contributed by atoms with Crippen LogP contribution in [0.4, 0.5) is 22.4 Å². The van der Waals surface area contributed by atoms with Gasteiger partial charge in [0.1, 0.15) is 15.9 Å². The molecule has 7 nitrogen and oxygen atoms in total. The molecule has 0 bridgehead atoms. The van der Waals surface area contributed by atoms with E-state index >= 15 is 4.39 Å². The summed E-state index contributed by atoms with van der Waals surface area (Å²) >= 11 is 0.889. The van der Waals surface area contributed by atoms with Gasteiger partial charge in [0, 0.05) is 41.5 Å². The Morgan fingerprint density at radius 1 is 1.19 bits per heavy atom. The Balaban J connectivity index is 1.90. The highest BCUT2D eigenvalue weighted by molar-refractivity contribution is 7.92. The molecule has 0 unspecified atom stereocenters. The van der Waals surface area contributed by atoms with E-state index in [0.29, 0.717) is 23.4 Å². The topological polar surface area (TPSA) is 93.1 Å². The number of thiophene rings is 1. The van der Waals surface area contributed by atoms with Gasteiger partial charge in [-0.05, 0) is 37.0 Å². The van der Waals surface area contributed by atoms with E-state index in [1.165, 1.54) is 12.1 Å². The zero-order valence-corrected chi connectivity index (χ0v) is 21.5. The number of halogens is 4. The van der Waals surface area contributed by atoms with Crippen LogP contribution >= 0.6 is 11.3 Å². The van der Waals surface area contributed by atoms with Crippen LogP contribution in [0.3, 0.4) is 0 Å². The summed E-state index contributed by atoms with van der Waals surface area (Å²) in [5, 5.41) is 1.88. The van der Waals surface area contributed by atoms with Crippen LogP contribution < -0.4 is 10.0 Å². The lowest BCUT2D eigenvalue weighted by atomic mass is 10.0. The van der Waals surface area contributed by atoms with Gasteiger partial charge in [-0.25, -0.2) is 27.3 Å². The summed E-state index contributed by atoms with van der Waals surface area (Å²) in [5.74, 6) is 0.283. The first kappa shape index (κ1) is 27.7. The van der Waals surface area contributed by atoms with E-state index in [-0.39, 0.29) is 21.3 Å². The molecule has 3 aromatic rings. The lowest BCUT2D eigenvalue weighted by Gasteiger charge is -2.11. The molecule has 2 aromatic heterocycles. The van der Waals surface area contributed by atoms with Crippen molar-refractivity contribution in [1.82, 2.24) is 19.6 Å². The van der Waals surface area contributed by atoms with E-state index in [1.54, 1.807) is 29.2 Å². The second-order valence-electron chi connectivity index (χ2n) is 8.65. The Bertz CT molecular complexity index is 1330. The van der Waals surface area contributed by atoms with Gasteiger partial charge >= 0.3 is 12.2 Å². The Morgan fingerprint density at radius 2 is 1.92 bits per heavy atom. The highest BCUT2D eigenvalue weighted by Crippen LogP contribution is 2.37. The monoisotopic (exact) mass is 546 g/mol. The van der Waals surface area contributed by atoms with Gasteiger partial charge in [-0.1, -0.05) is 26.0 Å². The van der Waals surface area contributed by atoms with Crippen molar-refractivity contribution in [3.8, 4) is 11.1 Å². The molecule has 1 aromatic carbocycles. The number of rotatable bonds is 9. The van der Waals surface area contributed by atoms with Crippen molar-refractivity contribution < 1.29 is 30.8 Å². The highest BCUT2D eigenvalue weighted by Gasteiger charge is 2.29. The van der Waals surface area contributed by atoms with E-state index in [4.69, 9.17) is 0 Å². The molecule has 0 saturated carbocycles. The first-order chi connectivity index (χ1) is 16.7. The fourth-order valence-corrected chi connectivity index (χ4v) is 6.34. The number of sulfonamides is 1. The van der Waals surface area contributed by atoms with Crippen molar-refractivity contribution >= 4 is 27.4 Å². The minimum Gasteiger partial charge on any atom is -0.337 e. The molecule has 2 amide bonds. The van der Waals surface area contributed by atoms with Crippen LogP contribution in [0.2, 0.25) is 0 Å². The van der Waals surface area contributed by atoms with Crippen LogP contribution in [0, 0.1) is 18.7 Å². The van der Waals surface area contributed by atoms with Crippen molar-refractivity contribution in [2.45, 2.75) is 50.5 Å². The van der Waals surface area contributed by atoms with Crippen molar-refractivity contribution in [2.24, 2.45) is 5.92 Å². The molecule has 0 aliphatic heterocycles. The number of urea groups is 1. The summed E-state index contributed by atoms with van der Waals surface area (Å²) in [6.45, 7) is 5.28. The zero-order valence-electron chi connectivity index (χ0n) is 19.8. The largest absolute Gasteiger partial charge is 0.390 e. The molecule has 0 aliphatic carbocycles. The fourth-order valence-electron chi connectivity index (χ4n) is 3.48. The van der Waals surface area contributed by atoms with Gasteiger partial charge in [0.2, 0.25) is 0 Å². The summed E-state index contributed by atoms with van der Waals surface area (Å²) in [6.07, 6.45) is -1.90. The first-order valence-electron chi connectivity index (χ1n) is 11.0. The lowest BCUT2D eigenvalue weighted by molar-refractivity contribution is -0.132. The Labute approximate surface area is 210 Å². The molecule has 0 fully saturated rings. The third-order valence-corrected chi connectivity index (χ3v) is 8.15. The van der Waals surface area contributed by atoms with Crippen LogP contribution in [0.1, 0.15) is 36.5 Å². The molecule has 0 radical (unpaired) electrons. The molecule has 36 heavy (non-hydrogen) atoms. The molecule has 13 heteroatoms. The summed E-state index contributed by atoms with van der Waals surface area (Å²) < 4.78 is 81.5. The summed E-state index contributed by atoms with van der Waals surface area (Å²) in [5.41, 5.74) is 0.751. The predicted octanol–water partition coefficient (Wildman–Crippen LogP) is 5.25. The van der Waals surface area contributed by atoms with Crippen LogP contribution in [-0.2, 0) is 23.0 Å². The van der Waals surface area contributed by atoms with Gasteiger partial charge in [-0.3, -0.25) is 0 Å². The molecule has 196 valence electrons. The van der Waals surface area contributed by atoms with Gasteiger partial charge < -0.3 is 9.88 Å². The van der Waals surface area contributed by atoms with E-state index in [0.717, 1.165) is 17.2 Å². The number of nitrogens with zero attached hydrogens (tertiary/aromatic N) is 2. The maximum Gasteiger partial charge on any atom is 0.390 e. The normalized spacial score (nSPS) is 12.2. The van der Waals surface area contributed by atoms with Crippen molar-refractivity contribution in [3.05, 3.63) is 58.7 Å². The van der Waals surface area contributed by atoms with Gasteiger partial charge in [-0.15, -0.1) is 11.3 Å². The number of hydrogen-bond donors (Lipinski definition) is 2. The molecule has 0 aliphatic rings. The molecule has 2 heterocycles. The molecule has 2 N–H and O–H groups in total. The summed E-state index contributed by atoms with van der Waals surface area (Å²) in [7, 11) is -4.50. The van der Waals surface area contributed by atoms with E-state index in [9.17, 15) is 26.4 Å². The van der Waals surface area contributed by atoms with Gasteiger partial charge in [0.15, 0.2) is 0 Å². The number of aryl methyl sites for hydroxylation is 1. The van der Waals surface area contributed by atoms with Crippen molar-refractivity contribution in [1.29, 1.82) is 0 Å². The predicted molar refractivity (Wildman–Crippen MR) is 129 cm³/mol. The van der Waals surface area contributed by atoms with Gasteiger partial charge in [-0.2, -0.15) is 13.2 Å². The number of hydrogen-bond acceptors (Lipinski definition) is 5. The molecular weight excluding hydrogens is 520 g/mol. The SMILES string of the molecule is Cc1nccn1Cc1ccc(-c2cc(CC(C)C)sc2S(=O)(=O)NC(=O)NCCC(F)(F)F)c(F)c1. The number of amides is 2. The fraction of sp³-hybridized carbons (Fsp3) is 0.391. The number of alkyl halides is 3. The number of nitrogens with one attached hydrogen (secondary N) is 2. The van der Waals surface area contributed by atoms with Gasteiger partial charge in [0.05, 0.1) is 6.42 Å². The minimum atomic E-state index is -4.50. The second kappa shape index (κ2) is 11.0.